The molecule has 0 aliphatic carbocycles. The fraction of sp³-hybridized carbons (Fsp3) is 0.545. The van der Waals surface area contributed by atoms with Crippen LogP contribution in [0.3, 0.4) is 0 Å². The maximum absolute atomic E-state index is 12.7. The molecule has 0 saturated carbocycles. The van der Waals surface area contributed by atoms with E-state index in [1.165, 1.54) is 12.3 Å². The summed E-state index contributed by atoms with van der Waals surface area (Å²) in [6, 6.07) is 3.00. The van der Waals surface area contributed by atoms with Gasteiger partial charge in [-0.25, -0.2) is 0 Å². The zero-order chi connectivity index (χ0) is 13.1. The predicted octanol–water partition coefficient (Wildman–Crippen LogP) is 3.77. The van der Waals surface area contributed by atoms with Gasteiger partial charge in [-0.3, -0.25) is 4.98 Å². The number of alkyl halides is 5. The zero-order valence-corrected chi connectivity index (χ0v) is 9.19. The van der Waals surface area contributed by atoms with Gasteiger partial charge in [0.15, 0.2) is 0 Å². The molecular formula is C11H12F5N. The molecule has 1 nitrogen and oxygen atoms in total. The first-order valence-electron chi connectivity index (χ1n) is 5.14. The summed E-state index contributed by atoms with van der Waals surface area (Å²) >= 11 is 0. The van der Waals surface area contributed by atoms with Crippen LogP contribution in [-0.2, 0) is 12.8 Å². The fourth-order valence-corrected chi connectivity index (χ4v) is 1.32. The van der Waals surface area contributed by atoms with E-state index in [2.05, 4.69) is 4.98 Å². The van der Waals surface area contributed by atoms with Crippen LogP contribution in [0.2, 0.25) is 0 Å². The Morgan fingerprint density at radius 1 is 1.18 bits per heavy atom. The Balaban J connectivity index is 2.67. The van der Waals surface area contributed by atoms with E-state index in [0.717, 1.165) is 0 Å². The van der Waals surface area contributed by atoms with E-state index in [4.69, 9.17) is 0 Å². The molecule has 1 heterocycles. The lowest BCUT2D eigenvalue weighted by Crippen LogP contribution is -2.36. The summed E-state index contributed by atoms with van der Waals surface area (Å²) in [5.41, 5.74) is 1.12. The van der Waals surface area contributed by atoms with Crippen molar-refractivity contribution in [2.45, 2.75) is 38.3 Å². The number of pyridine rings is 1. The minimum atomic E-state index is -5.48. The number of aromatic nitrogens is 1. The average Bonchev–Trinajstić information content (AvgIpc) is 2.25. The topological polar surface area (TPSA) is 12.9 Å². The molecule has 0 unspecified atom stereocenters. The van der Waals surface area contributed by atoms with E-state index < -0.39 is 18.5 Å². The van der Waals surface area contributed by atoms with Gasteiger partial charge in [0.1, 0.15) is 0 Å². The van der Waals surface area contributed by atoms with Crippen LogP contribution in [-0.4, -0.2) is 17.1 Å². The third-order valence-corrected chi connectivity index (χ3v) is 2.39. The second kappa shape index (κ2) is 4.98. The van der Waals surface area contributed by atoms with Crippen molar-refractivity contribution in [1.82, 2.24) is 4.98 Å². The monoisotopic (exact) mass is 253 g/mol. The van der Waals surface area contributed by atoms with Crippen LogP contribution in [0.4, 0.5) is 22.0 Å². The Kier molecular flexibility index (Phi) is 4.06. The molecule has 0 bridgehead atoms. The van der Waals surface area contributed by atoms with Crippen molar-refractivity contribution in [1.29, 1.82) is 0 Å². The Hall–Kier alpha value is -1.20. The molecule has 0 atom stereocenters. The molecule has 0 aromatic carbocycles. The second-order valence-corrected chi connectivity index (χ2v) is 3.71. The van der Waals surface area contributed by atoms with Crippen LogP contribution in [0.25, 0.3) is 0 Å². The molecule has 0 amide bonds. The number of rotatable bonds is 4. The van der Waals surface area contributed by atoms with Gasteiger partial charge in [0, 0.05) is 18.3 Å². The Morgan fingerprint density at radius 2 is 1.82 bits per heavy atom. The third kappa shape index (κ3) is 3.64. The molecular weight excluding hydrogens is 241 g/mol. The van der Waals surface area contributed by atoms with Crippen molar-refractivity contribution < 1.29 is 22.0 Å². The van der Waals surface area contributed by atoms with Gasteiger partial charge in [-0.1, -0.05) is 6.92 Å². The normalized spacial score (nSPS) is 12.8. The fourth-order valence-electron chi connectivity index (χ4n) is 1.32. The molecule has 0 aliphatic rings. The molecule has 1 aromatic heterocycles. The average molecular weight is 253 g/mol. The predicted molar refractivity (Wildman–Crippen MR) is 52.9 cm³/mol. The summed E-state index contributed by atoms with van der Waals surface area (Å²) in [6.45, 7) is 1.83. The molecule has 0 spiro atoms. The minimum absolute atomic E-state index is 0.317. The third-order valence-electron chi connectivity index (χ3n) is 2.39. The summed E-state index contributed by atoms with van der Waals surface area (Å²) in [7, 11) is 0. The van der Waals surface area contributed by atoms with E-state index in [1.54, 1.807) is 6.07 Å². The Morgan fingerprint density at radius 3 is 2.35 bits per heavy atom. The minimum Gasteiger partial charge on any atom is -0.261 e. The summed E-state index contributed by atoms with van der Waals surface area (Å²) in [5, 5.41) is 0. The van der Waals surface area contributed by atoms with E-state index in [0.29, 0.717) is 17.7 Å². The van der Waals surface area contributed by atoms with E-state index in [1.807, 2.05) is 6.92 Å². The Labute approximate surface area is 95.7 Å². The maximum Gasteiger partial charge on any atom is 0.453 e. The SMILES string of the molecule is CCc1cc(CCC(F)(F)C(F)(F)F)ccn1. The van der Waals surface area contributed by atoms with E-state index in [9.17, 15) is 22.0 Å². The van der Waals surface area contributed by atoms with Crippen LogP contribution in [0, 0.1) is 0 Å². The highest BCUT2D eigenvalue weighted by molar-refractivity contribution is 5.16. The van der Waals surface area contributed by atoms with Crippen molar-refractivity contribution in [3.63, 3.8) is 0 Å². The van der Waals surface area contributed by atoms with Crippen LogP contribution in [0.5, 0.6) is 0 Å². The molecule has 0 saturated heterocycles. The number of hydrogen-bond acceptors (Lipinski definition) is 1. The highest BCUT2D eigenvalue weighted by Crippen LogP contribution is 2.38. The second-order valence-electron chi connectivity index (χ2n) is 3.71. The zero-order valence-electron chi connectivity index (χ0n) is 9.19. The highest BCUT2D eigenvalue weighted by atomic mass is 19.4. The summed E-state index contributed by atoms with van der Waals surface area (Å²) in [4.78, 5) is 3.94. The first kappa shape index (κ1) is 13.9. The molecule has 0 fully saturated rings. The van der Waals surface area contributed by atoms with Gasteiger partial charge in [-0.2, -0.15) is 22.0 Å². The van der Waals surface area contributed by atoms with Crippen LogP contribution >= 0.6 is 0 Å². The quantitative estimate of drug-likeness (QED) is 0.744. The summed E-state index contributed by atoms with van der Waals surface area (Å²) in [5.74, 6) is -4.64. The van der Waals surface area contributed by atoms with Crippen molar-refractivity contribution in [3.05, 3.63) is 29.6 Å². The molecule has 6 heteroatoms. The van der Waals surface area contributed by atoms with Gasteiger partial charge in [0.05, 0.1) is 0 Å². The lowest BCUT2D eigenvalue weighted by molar-refractivity contribution is -0.284. The van der Waals surface area contributed by atoms with Crippen LogP contribution in [0.15, 0.2) is 18.3 Å². The molecule has 1 aromatic rings. The van der Waals surface area contributed by atoms with Crippen molar-refractivity contribution in [2.75, 3.05) is 0 Å². The van der Waals surface area contributed by atoms with Crippen LogP contribution in [0.1, 0.15) is 24.6 Å². The van der Waals surface area contributed by atoms with Gasteiger partial charge in [0.25, 0.3) is 0 Å². The summed E-state index contributed by atoms with van der Waals surface area (Å²) < 4.78 is 61.1. The van der Waals surface area contributed by atoms with Gasteiger partial charge >= 0.3 is 12.1 Å². The largest absolute Gasteiger partial charge is 0.453 e. The summed E-state index contributed by atoms with van der Waals surface area (Å²) in [6.07, 6.45) is -5.00. The lowest BCUT2D eigenvalue weighted by Gasteiger charge is -2.19. The van der Waals surface area contributed by atoms with Gasteiger partial charge in [-0.05, 0) is 30.5 Å². The lowest BCUT2D eigenvalue weighted by atomic mass is 10.1. The standard InChI is InChI=1S/C11H12F5N/c1-2-9-7-8(4-6-17-9)3-5-10(12,13)11(14,15)16/h4,6-7H,2-3,5H2,1H3. The highest BCUT2D eigenvalue weighted by Gasteiger charge is 2.56. The van der Waals surface area contributed by atoms with Crippen LogP contribution < -0.4 is 0 Å². The van der Waals surface area contributed by atoms with Gasteiger partial charge in [0.2, 0.25) is 0 Å². The maximum atomic E-state index is 12.7. The smallest absolute Gasteiger partial charge is 0.261 e. The molecule has 0 aliphatic heterocycles. The molecule has 17 heavy (non-hydrogen) atoms. The molecule has 0 radical (unpaired) electrons. The first-order chi connectivity index (χ1) is 7.76. The number of hydrogen-bond donors (Lipinski definition) is 0. The first-order valence-corrected chi connectivity index (χ1v) is 5.14. The number of nitrogens with zero attached hydrogens (tertiary/aromatic N) is 1. The van der Waals surface area contributed by atoms with Gasteiger partial charge in [-0.15, -0.1) is 0 Å². The Bertz CT molecular complexity index is 372. The van der Waals surface area contributed by atoms with Crippen molar-refractivity contribution in [3.8, 4) is 0 Å². The van der Waals surface area contributed by atoms with Gasteiger partial charge < -0.3 is 0 Å². The molecule has 0 N–H and O–H groups in total. The van der Waals surface area contributed by atoms with Crippen molar-refractivity contribution in [2.24, 2.45) is 0 Å². The van der Waals surface area contributed by atoms with E-state index in [-0.39, 0.29) is 6.42 Å². The molecule has 96 valence electrons. The van der Waals surface area contributed by atoms with Crippen molar-refractivity contribution >= 4 is 0 Å². The number of halogens is 5. The number of aryl methyl sites for hydroxylation is 2. The molecule has 1 rings (SSSR count). The van der Waals surface area contributed by atoms with E-state index >= 15 is 0 Å².